The van der Waals surface area contributed by atoms with E-state index in [1.165, 1.54) is 43.2 Å². The van der Waals surface area contributed by atoms with Crippen LogP contribution in [0.5, 0.6) is 5.75 Å². The Morgan fingerprint density at radius 1 is 0.846 bits per heavy atom. The third-order valence-electron chi connectivity index (χ3n) is 7.37. The van der Waals surface area contributed by atoms with Gasteiger partial charge in [0.05, 0.1) is 19.9 Å². The Morgan fingerprint density at radius 3 is 2.13 bits per heavy atom. The minimum absolute atomic E-state index is 0.196. The highest BCUT2D eigenvalue weighted by atomic mass is 16.5. The average Bonchev–Trinajstić information content (AvgIpc) is 3.51. The Bertz CT molecular complexity index is 1290. The lowest BCUT2D eigenvalue weighted by atomic mass is 9.95. The van der Waals surface area contributed by atoms with E-state index in [0.717, 1.165) is 29.2 Å². The molecule has 0 saturated heterocycles. The molecule has 1 aromatic heterocycles. The van der Waals surface area contributed by atoms with Crippen molar-refractivity contribution in [2.45, 2.75) is 57.8 Å². The van der Waals surface area contributed by atoms with Gasteiger partial charge in [-0.2, -0.15) is 0 Å². The summed E-state index contributed by atoms with van der Waals surface area (Å²) in [7, 11) is 1.62. The van der Waals surface area contributed by atoms with E-state index >= 15 is 0 Å². The first kappa shape index (κ1) is 26.6. The number of nitrogens with one attached hydrogen (secondary N) is 2. The number of anilines is 1. The second-order valence-corrected chi connectivity index (χ2v) is 10.2. The number of amides is 2. The Hall–Kier alpha value is -4.03. The zero-order chi connectivity index (χ0) is 26.9. The fourth-order valence-corrected chi connectivity index (χ4v) is 5.07. The van der Waals surface area contributed by atoms with Crippen LogP contribution in [0.4, 0.5) is 10.5 Å². The lowest BCUT2D eigenvalue weighted by molar-refractivity contribution is 0.201. The molecule has 1 fully saturated rings. The molecule has 4 aromatic rings. The zero-order valence-corrected chi connectivity index (χ0v) is 22.6. The van der Waals surface area contributed by atoms with E-state index in [4.69, 9.17) is 9.15 Å². The summed E-state index contributed by atoms with van der Waals surface area (Å²) in [6.07, 6.45) is 8.30. The molecule has 1 aliphatic carbocycles. The van der Waals surface area contributed by atoms with Gasteiger partial charge in [-0.05, 0) is 71.5 Å². The Balaban J connectivity index is 1.21. The number of benzene rings is 3. The lowest BCUT2D eigenvalue weighted by Gasteiger charge is -2.23. The highest BCUT2D eigenvalue weighted by molar-refractivity contribution is 5.89. The van der Waals surface area contributed by atoms with Crippen LogP contribution >= 0.6 is 0 Å². The largest absolute Gasteiger partial charge is 0.497 e. The smallest absolute Gasteiger partial charge is 0.322 e. The molecule has 1 saturated carbocycles. The molecule has 2 N–H and O–H groups in total. The monoisotopic (exact) mass is 523 g/mol. The summed E-state index contributed by atoms with van der Waals surface area (Å²) in [4.78, 5) is 15.0. The quantitative estimate of drug-likeness (QED) is 0.224. The minimum atomic E-state index is -0.196. The van der Waals surface area contributed by atoms with Crippen molar-refractivity contribution in [3.63, 3.8) is 0 Å². The van der Waals surface area contributed by atoms with Crippen molar-refractivity contribution in [1.29, 1.82) is 0 Å². The molecule has 5 rings (SSSR count). The van der Waals surface area contributed by atoms with Crippen LogP contribution < -0.4 is 15.4 Å². The number of rotatable bonds is 10. The first-order valence-electron chi connectivity index (χ1n) is 13.8. The number of hydrogen-bond donors (Lipinski definition) is 2. The second kappa shape index (κ2) is 13.2. The number of ether oxygens (including phenoxy) is 1. The van der Waals surface area contributed by atoms with Crippen molar-refractivity contribution in [1.82, 2.24) is 10.2 Å². The van der Waals surface area contributed by atoms with Crippen molar-refractivity contribution in [3.8, 4) is 16.9 Å². The molecule has 0 spiro atoms. The molecule has 0 radical (unpaired) electrons. The summed E-state index contributed by atoms with van der Waals surface area (Å²) < 4.78 is 10.7. The van der Waals surface area contributed by atoms with Gasteiger partial charge in [0, 0.05) is 24.8 Å². The van der Waals surface area contributed by atoms with Gasteiger partial charge < -0.3 is 24.7 Å². The maximum atomic E-state index is 13.2. The molecule has 0 unspecified atom stereocenters. The van der Waals surface area contributed by atoms with Crippen molar-refractivity contribution in [2.75, 3.05) is 12.4 Å². The number of furan rings is 1. The molecular weight excluding hydrogens is 486 g/mol. The van der Waals surface area contributed by atoms with Gasteiger partial charge in [0.25, 0.3) is 0 Å². The van der Waals surface area contributed by atoms with Crippen LogP contribution in [0.2, 0.25) is 0 Å². The highest BCUT2D eigenvalue weighted by Gasteiger charge is 2.17. The molecule has 0 bridgehead atoms. The number of nitrogens with zero attached hydrogens (tertiary/aromatic N) is 1. The van der Waals surface area contributed by atoms with Crippen molar-refractivity contribution >= 4 is 11.7 Å². The van der Waals surface area contributed by atoms with Crippen molar-refractivity contribution < 1.29 is 13.9 Å². The van der Waals surface area contributed by atoms with Gasteiger partial charge in [0.1, 0.15) is 11.5 Å². The molecule has 3 aromatic carbocycles. The highest BCUT2D eigenvalue weighted by Crippen LogP contribution is 2.23. The molecule has 1 heterocycles. The third kappa shape index (κ3) is 7.52. The summed E-state index contributed by atoms with van der Waals surface area (Å²) in [5.74, 6) is 1.47. The van der Waals surface area contributed by atoms with Gasteiger partial charge in [-0.3, -0.25) is 0 Å². The standard InChI is InChI=1S/C33H37N3O3/c1-38-31-19-17-30(18-20-31)35-33(37)36(24-32-8-5-21-39-32)23-26-11-15-28(16-12-26)27-13-9-25(10-14-27)22-34-29-6-3-2-4-7-29/h5,8-21,29,34H,2-4,6-7,22-24H2,1H3,(H,35,37). The fourth-order valence-electron chi connectivity index (χ4n) is 5.07. The second-order valence-electron chi connectivity index (χ2n) is 10.2. The molecule has 0 atom stereocenters. The molecule has 1 aliphatic rings. The van der Waals surface area contributed by atoms with Gasteiger partial charge in [0.2, 0.25) is 0 Å². The normalized spacial score (nSPS) is 13.7. The molecule has 39 heavy (non-hydrogen) atoms. The van der Waals surface area contributed by atoms with E-state index in [1.807, 2.05) is 36.4 Å². The number of carbonyl (C=O) groups excluding carboxylic acids is 1. The third-order valence-corrected chi connectivity index (χ3v) is 7.37. The van der Waals surface area contributed by atoms with E-state index < -0.39 is 0 Å². The summed E-state index contributed by atoms with van der Waals surface area (Å²) in [6, 6.07) is 28.7. The molecular formula is C33H37N3O3. The SMILES string of the molecule is COc1ccc(NC(=O)N(Cc2ccc(-c3ccc(CNC4CCCCC4)cc3)cc2)Cc2ccco2)cc1. The summed E-state index contributed by atoms with van der Waals surface area (Å²) >= 11 is 0. The summed E-state index contributed by atoms with van der Waals surface area (Å²) in [5, 5.41) is 6.70. The number of carbonyl (C=O) groups is 1. The van der Waals surface area contributed by atoms with Crippen LogP contribution in [0.1, 0.15) is 49.0 Å². The van der Waals surface area contributed by atoms with E-state index in [1.54, 1.807) is 18.3 Å². The topological polar surface area (TPSA) is 66.7 Å². The van der Waals surface area contributed by atoms with E-state index in [0.29, 0.717) is 24.8 Å². The van der Waals surface area contributed by atoms with Crippen LogP contribution in [0, 0.1) is 0 Å². The zero-order valence-electron chi connectivity index (χ0n) is 22.6. The first-order valence-corrected chi connectivity index (χ1v) is 13.8. The molecule has 6 heteroatoms. The fraction of sp³-hybridized carbons (Fsp3) is 0.303. The van der Waals surface area contributed by atoms with Gasteiger partial charge in [-0.1, -0.05) is 67.8 Å². The van der Waals surface area contributed by atoms with Crippen molar-refractivity contribution in [3.05, 3.63) is 108 Å². The van der Waals surface area contributed by atoms with Crippen LogP contribution in [-0.2, 0) is 19.6 Å². The van der Waals surface area contributed by atoms with Crippen LogP contribution in [0.25, 0.3) is 11.1 Å². The predicted octanol–water partition coefficient (Wildman–Crippen LogP) is 7.61. The van der Waals surface area contributed by atoms with E-state index in [9.17, 15) is 4.79 Å². The van der Waals surface area contributed by atoms with Crippen LogP contribution in [0.15, 0.2) is 95.6 Å². The number of urea groups is 1. The van der Waals surface area contributed by atoms with Gasteiger partial charge in [-0.15, -0.1) is 0 Å². The summed E-state index contributed by atoms with van der Waals surface area (Å²) in [6.45, 7) is 1.75. The van der Waals surface area contributed by atoms with Crippen LogP contribution in [0.3, 0.4) is 0 Å². The average molecular weight is 524 g/mol. The van der Waals surface area contributed by atoms with Crippen LogP contribution in [-0.4, -0.2) is 24.1 Å². The summed E-state index contributed by atoms with van der Waals surface area (Å²) in [5.41, 5.74) is 5.41. The van der Waals surface area contributed by atoms with Gasteiger partial charge in [-0.25, -0.2) is 4.79 Å². The molecule has 202 valence electrons. The first-order chi connectivity index (χ1) is 19.2. The maximum absolute atomic E-state index is 13.2. The van der Waals surface area contributed by atoms with Gasteiger partial charge >= 0.3 is 6.03 Å². The Kier molecular flexibility index (Phi) is 8.97. The Labute approximate surface area is 231 Å². The van der Waals surface area contributed by atoms with Crippen molar-refractivity contribution in [2.24, 2.45) is 0 Å². The molecule has 0 aliphatic heterocycles. The number of methoxy groups -OCH3 is 1. The molecule has 6 nitrogen and oxygen atoms in total. The lowest BCUT2D eigenvalue weighted by Crippen LogP contribution is -2.33. The predicted molar refractivity (Wildman–Crippen MR) is 156 cm³/mol. The van der Waals surface area contributed by atoms with E-state index in [2.05, 4.69) is 59.2 Å². The molecule has 2 amide bonds. The number of hydrogen-bond acceptors (Lipinski definition) is 4. The maximum Gasteiger partial charge on any atom is 0.322 e. The van der Waals surface area contributed by atoms with Gasteiger partial charge in [0.15, 0.2) is 0 Å². The minimum Gasteiger partial charge on any atom is -0.497 e. The van der Waals surface area contributed by atoms with E-state index in [-0.39, 0.29) is 6.03 Å². The Morgan fingerprint density at radius 2 is 1.51 bits per heavy atom.